The lowest BCUT2D eigenvalue weighted by atomic mass is 9.97. The number of rotatable bonds is 4. The summed E-state index contributed by atoms with van der Waals surface area (Å²) in [6, 6.07) is 12.2. The van der Waals surface area contributed by atoms with Gasteiger partial charge in [0.15, 0.2) is 0 Å². The second kappa shape index (κ2) is 6.84. The van der Waals surface area contributed by atoms with E-state index in [9.17, 15) is 9.90 Å². The zero-order valence-corrected chi connectivity index (χ0v) is 14.4. The number of amides is 1. The highest BCUT2D eigenvalue weighted by molar-refractivity contribution is 6.05. The maximum atomic E-state index is 12.1. The minimum atomic E-state index is -0.281. The van der Waals surface area contributed by atoms with Crippen LogP contribution in [0.25, 0.3) is 0 Å². The Morgan fingerprint density at radius 1 is 1.16 bits per heavy atom. The summed E-state index contributed by atoms with van der Waals surface area (Å²) in [6.07, 6.45) is 0.494. The molecule has 1 aliphatic rings. The van der Waals surface area contributed by atoms with Crippen LogP contribution in [0.3, 0.4) is 0 Å². The third kappa shape index (κ3) is 3.28. The first-order chi connectivity index (χ1) is 12.0. The first kappa shape index (κ1) is 16.8. The van der Waals surface area contributed by atoms with Gasteiger partial charge in [0, 0.05) is 25.0 Å². The molecule has 1 atom stereocenters. The fourth-order valence-corrected chi connectivity index (χ4v) is 2.96. The van der Waals surface area contributed by atoms with Crippen molar-refractivity contribution in [3.05, 3.63) is 53.6 Å². The van der Waals surface area contributed by atoms with Gasteiger partial charge in [-0.05, 0) is 29.8 Å². The van der Waals surface area contributed by atoms with Crippen LogP contribution < -0.4 is 9.47 Å². The normalized spacial score (nSPS) is 16.5. The molecule has 0 radical (unpaired) electrons. The molecule has 0 bridgehead atoms. The monoisotopic (exact) mass is 340 g/mol. The van der Waals surface area contributed by atoms with Crippen molar-refractivity contribution in [3.63, 3.8) is 0 Å². The van der Waals surface area contributed by atoms with Crippen LogP contribution in [0.5, 0.6) is 17.2 Å². The molecule has 0 fully saturated rings. The molecule has 3 rings (SSSR count). The number of methoxy groups -OCH3 is 2. The maximum absolute atomic E-state index is 12.1. The highest BCUT2D eigenvalue weighted by atomic mass is 16.5. The van der Waals surface area contributed by atoms with E-state index in [2.05, 4.69) is 5.10 Å². The van der Waals surface area contributed by atoms with Crippen molar-refractivity contribution in [2.75, 3.05) is 14.2 Å². The summed E-state index contributed by atoms with van der Waals surface area (Å²) in [5.41, 5.74) is 2.16. The van der Waals surface area contributed by atoms with Crippen LogP contribution in [-0.2, 0) is 4.79 Å². The molecule has 130 valence electrons. The van der Waals surface area contributed by atoms with Gasteiger partial charge in [-0.2, -0.15) is 5.10 Å². The first-order valence-electron chi connectivity index (χ1n) is 7.92. The molecule has 2 aromatic carbocycles. The molecule has 25 heavy (non-hydrogen) atoms. The van der Waals surface area contributed by atoms with Gasteiger partial charge in [0.1, 0.15) is 17.2 Å². The average molecular weight is 340 g/mol. The van der Waals surface area contributed by atoms with E-state index >= 15 is 0 Å². The maximum Gasteiger partial charge on any atom is 0.240 e. The Balaban J connectivity index is 2.01. The van der Waals surface area contributed by atoms with Crippen molar-refractivity contribution in [2.24, 2.45) is 5.10 Å². The van der Waals surface area contributed by atoms with E-state index in [1.807, 2.05) is 18.2 Å². The number of carbonyl (C=O) groups is 1. The van der Waals surface area contributed by atoms with Gasteiger partial charge in [-0.3, -0.25) is 4.79 Å². The number of hydrazone groups is 1. The van der Waals surface area contributed by atoms with E-state index in [4.69, 9.17) is 9.47 Å². The standard InChI is InChI=1S/C19H20N2O4/c1-12(22)21-18(13-8-14(24-2)10-15(9-13)25-3)11-17(20-21)16-6-4-5-7-19(16)23/h4-10,18,23H,11H2,1-3H3. The highest BCUT2D eigenvalue weighted by Gasteiger charge is 2.32. The Kier molecular flexibility index (Phi) is 4.61. The van der Waals surface area contributed by atoms with Crippen LogP contribution in [0.2, 0.25) is 0 Å². The van der Waals surface area contributed by atoms with Gasteiger partial charge in [-0.1, -0.05) is 12.1 Å². The van der Waals surface area contributed by atoms with Gasteiger partial charge in [0.05, 0.1) is 26.0 Å². The van der Waals surface area contributed by atoms with Crippen molar-refractivity contribution in [1.82, 2.24) is 5.01 Å². The number of para-hydroxylation sites is 1. The Bertz CT molecular complexity index is 810. The van der Waals surface area contributed by atoms with Gasteiger partial charge in [0.2, 0.25) is 5.91 Å². The summed E-state index contributed by atoms with van der Waals surface area (Å²) in [5.74, 6) is 1.27. The molecule has 0 spiro atoms. The molecule has 0 saturated heterocycles. The summed E-state index contributed by atoms with van der Waals surface area (Å²) in [5, 5.41) is 16.0. The number of hydrogen-bond acceptors (Lipinski definition) is 5. The van der Waals surface area contributed by atoms with Gasteiger partial charge < -0.3 is 14.6 Å². The Labute approximate surface area is 146 Å². The second-order valence-electron chi connectivity index (χ2n) is 5.79. The van der Waals surface area contributed by atoms with Gasteiger partial charge in [0.25, 0.3) is 0 Å². The van der Waals surface area contributed by atoms with Crippen LogP contribution in [0, 0.1) is 0 Å². The lowest BCUT2D eigenvalue weighted by Crippen LogP contribution is -2.24. The quantitative estimate of drug-likeness (QED) is 0.928. The van der Waals surface area contributed by atoms with Crippen molar-refractivity contribution >= 4 is 11.6 Å². The molecular weight excluding hydrogens is 320 g/mol. The number of phenols is 1. The molecule has 1 amide bonds. The Morgan fingerprint density at radius 3 is 2.36 bits per heavy atom. The third-order valence-electron chi connectivity index (χ3n) is 4.21. The van der Waals surface area contributed by atoms with E-state index in [1.54, 1.807) is 38.5 Å². The summed E-state index contributed by atoms with van der Waals surface area (Å²) in [4.78, 5) is 12.1. The Hall–Kier alpha value is -3.02. The molecule has 0 aromatic heterocycles. The van der Waals surface area contributed by atoms with Crippen molar-refractivity contribution < 1.29 is 19.4 Å². The zero-order valence-electron chi connectivity index (χ0n) is 14.4. The van der Waals surface area contributed by atoms with Crippen LogP contribution >= 0.6 is 0 Å². The predicted molar refractivity (Wildman–Crippen MR) is 94.1 cm³/mol. The lowest BCUT2D eigenvalue weighted by Gasteiger charge is -2.21. The van der Waals surface area contributed by atoms with Crippen LogP contribution in [-0.4, -0.2) is 36.0 Å². The molecule has 1 heterocycles. The summed E-state index contributed by atoms with van der Waals surface area (Å²) in [6.45, 7) is 1.47. The lowest BCUT2D eigenvalue weighted by molar-refractivity contribution is -0.130. The van der Waals surface area contributed by atoms with Gasteiger partial charge in [-0.25, -0.2) is 5.01 Å². The van der Waals surface area contributed by atoms with Crippen molar-refractivity contribution in [3.8, 4) is 17.2 Å². The molecule has 0 saturated carbocycles. The topological polar surface area (TPSA) is 71.4 Å². The molecule has 1 aliphatic heterocycles. The number of ether oxygens (including phenoxy) is 2. The van der Waals surface area contributed by atoms with Crippen LogP contribution in [0.15, 0.2) is 47.6 Å². The average Bonchev–Trinajstić information content (AvgIpc) is 3.07. The third-order valence-corrected chi connectivity index (χ3v) is 4.21. The summed E-state index contributed by atoms with van der Waals surface area (Å²) >= 11 is 0. The number of carbonyl (C=O) groups excluding carboxylic acids is 1. The van der Waals surface area contributed by atoms with E-state index in [0.29, 0.717) is 29.2 Å². The number of phenolic OH excluding ortho intramolecular Hbond substituents is 1. The SMILES string of the molecule is COc1cc(OC)cc(C2CC(c3ccccc3O)=NN2C(C)=O)c1. The molecule has 1 N–H and O–H groups in total. The molecule has 1 unspecified atom stereocenters. The fourth-order valence-electron chi connectivity index (χ4n) is 2.96. The highest BCUT2D eigenvalue weighted by Crippen LogP contribution is 2.37. The summed E-state index contributed by atoms with van der Waals surface area (Å²) in [7, 11) is 3.17. The van der Waals surface area contributed by atoms with Crippen molar-refractivity contribution in [2.45, 2.75) is 19.4 Å². The minimum Gasteiger partial charge on any atom is -0.507 e. The van der Waals surface area contributed by atoms with Crippen LogP contribution in [0.1, 0.15) is 30.5 Å². The smallest absolute Gasteiger partial charge is 0.240 e. The minimum absolute atomic E-state index is 0.147. The molecule has 6 heteroatoms. The Morgan fingerprint density at radius 2 is 1.80 bits per heavy atom. The van der Waals surface area contributed by atoms with Crippen molar-refractivity contribution in [1.29, 1.82) is 0 Å². The zero-order chi connectivity index (χ0) is 18.0. The number of nitrogens with zero attached hydrogens (tertiary/aromatic N) is 2. The molecule has 2 aromatic rings. The van der Waals surface area contributed by atoms with E-state index in [1.165, 1.54) is 11.9 Å². The summed E-state index contributed by atoms with van der Waals surface area (Å²) < 4.78 is 10.6. The second-order valence-corrected chi connectivity index (χ2v) is 5.79. The molecule has 0 aliphatic carbocycles. The number of benzene rings is 2. The number of hydrogen-bond donors (Lipinski definition) is 1. The van der Waals surface area contributed by atoms with Gasteiger partial charge in [-0.15, -0.1) is 0 Å². The largest absolute Gasteiger partial charge is 0.507 e. The van der Waals surface area contributed by atoms with E-state index in [0.717, 1.165) is 5.56 Å². The van der Waals surface area contributed by atoms with Gasteiger partial charge >= 0.3 is 0 Å². The van der Waals surface area contributed by atoms with E-state index in [-0.39, 0.29) is 17.7 Å². The number of aromatic hydroxyl groups is 1. The first-order valence-corrected chi connectivity index (χ1v) is 7.92. The predicted octanol–water partition coefficient (Wildman–Crippen LogP) is 3.11. The molecule has 6 nitrogen and oxygen atoms in total. The van der Waals surface area contributed by atoms with E-state index < -0.39 is 0 Å². The van der Waals surface area contributed by atoms with Crippen LogP contribution in [0.4, 0.5) is 0 Å². The molecular formula is C19H20N2O4. The fraction of sp³-hybridized carbons (Fsp3) is 0.263.